The van der Waals surface area contributed by atoms with E-state index in [-0.39, 0.29) is 32.2 Å². The molecule has 0 aliphatic carbocycles. The second-order valence-corrected chi connectivity index (χ2v) is 19.5. The van der Waals surface area contributed by atoms with Gasteiger partial charge in [0, 0.05) is 12.8 Å². The van der Waals surface area contributed by atoms with E-state index in [9.17, 15) is 19.5 Å². The van der Waals surface area contributed by atoms with E-state index >= 15 is 0 Å². The van der Waals surface area contributed by atoms with Crippen LogP contribution in [0.25, 0.3) is 0 Å². The molecule has 0 heterocycles. The molecule has 1 N–H and O–H groups in total. The van der Waals surface area contributed by atoms with Crippen LogP contribution in [0.15, 0.2) is 36.5 Å². The number of allylic oxidation sites excluding steroid dienone is 6. The molecular formula is C56H104NO8+. The summed E-state index contributed by atoms with van der Waals surface area (Å²) in [5.41, 5.74) is 0. The zero-order valence-electron chi connectivity index (χ0n) is 43.2. The maximum Gasteiger partial charge on any atom is 0.361 e. The van der Waals surface area contributed by atoms with Crippen LogP contribution in [0.2, 0.25) is 0 Å². The molecule has 0 aromatic carbocycles. The monoisotopic (exact) mass is 919 g/mol. The summed E-state index contributed by atoms with van der Waals surface area (Å²) < 4.78 is 22.8. The number of esters is 2. The smallest absolute Gasteiger partial charge is 0.361 e. The Kier molecular flexibility index (Phi) is 46.1. The Balaban J connectivity index is 4.32. The summed E-state index contributed by atoms with van der Waals surface area (Å²) in [5, 5.41) is 9.68. The number of carboxylic acids is 1. The number of rotatable bonds is 50. The Bertz CT molecular complexity index is 1160. The number of carbonyl (C=O) groups is 3. The van der Waals surface area contributed by atoms with Gasteiger partial charge in [0.2, 0.25) is 0 Å². The highest BCUT2D eigenvalue weighted by atomic mass is 16.7. The first-order valence-electron chi connectivity index (χ1n) is 27.2. The summed E-state index contributed by atoms with van der Waals surface area (Å²) in [5.74, 6) is -2.01. The molecule has 0 fully saturated rings. The fourth-order valence-corrected chi connectivity index (χ4v) is 7.67. The van der Waals surface area contributed by atoms with Gasteiger partial charge in [-0.15, -0.1) is 0 Å². The summed E-state index contributed by atoms with van der Waals surface area (Å²) in [6.45, 7) is 4.88. The van der Waals surface area contributed by atoms with E-state index in [4.69, 9.17) is 18.9 Å². The second-order valence-electron chi connectivity index (χ2n) is 19.5. The van der Waals surface area contributed by atoms with E-state index in [1.54, 1.807) is 0 Å². The molecule has 0 aliphatic heterocycles. The van der Waals surface area contributed by atoms with Crippen molar-refractivity contribution in [2.45, 2.75) is 257 Å². The van der Waals surface area contributed by atoms with Crippen molar-refractivity contribution in [3.05, 3.63) is 36.5 Å². The van der Waals surface area contributed by atoms with E-state index in [0.29, 0.717) is 23.9 Å². The minimum atomic E-state index is -1.51. The van der Waals surface area contributed by atoms with Gasteiger partial charge in [-0.2, -0.15) is 0 Å². The Morgan fingerprint density at radius 3 is 1.23 bits per heavy atom. The van der Waals surface area contributed by atoms with Crippen LogP contribution >= 0.6 is 0 Å². The first kappa shape index (κ1) is 62.5. The van der Waals surface area contributed by atoms with Crippen LogP contribution in [0.5, 0.6) is 0 Å². The van der Waals surface area contributed by atoms with Gasteiger partial charge in [0.1, 0.15) is 13.2 Å². The fourth-order valence-electron chi connectivity index (χ4n) is 7.67. The maximum atomic E-state index is 12.8. The highest BCUT2D eigenvalue weighted by molar-refractivity contribution is 5.71. The van der Waals surface area contributed by atoms with Gasteiger partial charge in [-0.05, 0) is 51.4 Å². The van der Waals surface area contributed by atoms with Gasteiger partial charge in [0.25, 0.3) is 6.29 Å². The summed E-state index contributed by atoms with van der Waals surface area (Å²) in [6, 6.07) is 0. The summed E-state index contributed by atoms with van der Waals surface area (Å²) in [6.07, 6.45) is 53.5. The minimum Gasteiger partial charge on any atom is -0.477 e. The van der Waals surface area contributed by atoms with Crippen molar-refractivity contribution in [2.24, 2.45) is 0 Å². The molecule has 2 unspecified atom stereocenters. The number of hydrogen-bond donors (Lipinski definition) is 1. The quantitative estimate of drug-likeness (QED) is 0.0211. The van der Waals surface area contributed by atoms with E-state index in [1.807, 2.05) is 21.1 Å². The predicted molar refractivity (Wildman–Crippen MR) is 272 cm³/mol. The first-order valence-corrected chi connectivity index (χ1v) is 27.2. The molecule has 0 spiro atoms. The molecule has 0 radical (unpaired) electrons. The molecule has 9 nitrogen and oxygen atoms in total. The topological polar surface area (TPSA) is 108 Å². The van der Waals surface area contributed by atoms with E-state index in [2.05, 4.69) is 50.3 Å². The van der Waals surface area contributed by atoms with Crippen molar-refractivity contribution in [3.63, 3.8) is 0 Å². The number of quaternary nitrogens is 1. The van der Waals surface area contributed by atoms with Crippen LogP contribution in [-0.4, -0.2) is 87.4 Å². The molecule has 0 amide bonds. The maximum absolute atomic E-state index is 12.8. The molecule has 0 aromatic heterocycles. The largest absolute Gasteiger partial charge is 0.477 e. The van der Waals surface area contributed by atoms with Gasteiger partial charge in [-0.3, -0.25) is 9.59 Å². The van der Waals surface area contributed by atoms with Crippen molar-refractivity contribution in [1.29, 1.82) is 0 Å². The molecular weight excluding hydrogens is 815 g/mol. The molecule has 0 saturated carbocycles. The lowest BCUT2D eigenvalue weighted by atomic mass is 10.0. The number of hydrogen-bond acceptors (Lipinski definition) is 7. The normalized spacial score (nSPS) is 13.1. The van der Waals surface area contributed by atoms with Crippen molar-refractivity contribution in [1.82, 2.24) is 0 Å². The Morgan fingerprint density at radius 1 is 0.462 bits per heavy atom. The molecule has 0 aliphatic rings. The van der Waals surface area contributed by atoms with Crippen molar-refractivity contribution in [3.8, 4) is 0 Å². The number of nitrogens with zero attached hydrogens (tertiary/aromatic N) is 1. The molecule has 9 heteroatoms. The lowest BCUT2D eigenvalue weighted by Crippen LogP contribution is -2.40. The van der Waals surface area contributed by atoms with Crippen LogP contribution in [0.1, 0.15) is 245 Å². The minimum absolute atomic E-state index is 0.184. The molecule has 0 bridgehead atoms. The number of carbonyl (C=O) groups excluding carboxylic acids is 2. The van der Waals surface area contributed by atoms with Crippen LogP contribution < -0.4 is 0 Å². The van der Waals surface area contributed by atoms with Crippen LogP contribution in [0.4, 0.5) is 0 Å². The number of unbranched alkanes of at least 4 members (excludes halogenated alkanes) is 29. The van der Waals surface area contributed by atoms with E-state index in [1.165, 1.54) is 154 Å². The second kappa shape index (κ2) is 48.0. The van der Waals surface area contributed by atoms with Gasteiger partial charge >= 0.3 is 17.9 Å². The van der Waals surface area contributed by atoms with Gasteiger partial charge < -0.3 is 28.5 Å². The van der Waals surface area contributed by atoms with E-state index in [0.717, 1.165) is 57.8 Å². The predicted octanol–water partition coefficient (Wildman–Crippen LogP) is 15.3. The van der Waals surface area contributed by atoms with Gasteiger partial charge in [-0.25, -0.2) is 4.79 Å². The Hall–Kier alpha value is -2.49. The summed E-state index contributed by atoms with van der Waals surface area (Å²) in [4.78, 5) is 37.3. The lowest BCUT2D eigenvalue weighted by molar-refractivity contribution is -0.870. The molecule has 65 heavy (non-hydrogen) atoms. The SMILES string of the molecule is CCCCCCC/C=C\C/C=C\C/C=C\CCCCCCCCC(=O)OC(COC(=O)CCCCCCCCCCCCCCCCCCCCC)COC(OCC[N+](C)(C)C)C(=O)O. The molecule has 380 valence electrons. The number of aliphatic carboxylic acids is 1. The number of likely N-dealkylation sites (N-methyl/N-ethyl adjacent to an activating group) is 1. The molecule has 2 atom stereocenters. The summed E-state index contributed by atoms with van der Waals surface area (Å²) >= 11 is 0. The highest BCUT2D eigenvalue weighted by Gasteiger charge is 2.25. The average molecular weight is 919 g/mol. The highest BCUT2D eigenvalue weighted by Crippen LogP contribution is 2.16. The van der Waals surface area contributed by atoms with E-state index < -0.39 is 24.3 Å². The Morgan fingerprint density at radius 2 is 0.831 bits per heavy atom. The fraction of sp³-hybridized carbons (Fsp3) is 0.839. The first-order chi connectivity index (χ1) is 31.6. The van der Waals surface area contributed by atoms with Crippen LogP contribution in [0, 0.1) is 0 Å². The average Bonchev–Trinajstić information content (AvgIpc) is 3.27. The van der Waals surface area contributed by atoms with Gasteiger partial charge in [0.15, 0.2) is 6.10 Å². The lowest BCUT2D eigenvalue weighted by Gasteiger charge is -2.25. The van der Waals surface area contributed by atoms with Gasteiger partial charge in [-0.1, -0.05) is 217 Å². The standard InChI is InChI=1S/C56H103NO8/c1-6-8-10-12-14-16-18-20-22-24-26-27-29-31-33-35-37-39-41-43-45-47-54(59)65-52(51-64-56(55(60)61)62-49-48-57(3,4)5)50-63-53(58)46-44-42-40-38-36-34-32-30-28-25-23-21-19-17-15-13-11-9-7-2/h18,20,24,26,29,31,52,56H,6-17,19,21-23,25,27-28,30,32-51H2,1-5H3/p+1/b20-18-,26-24-,31-29-. The van der Waals surface area contributed by atoms with Crippen LogP contribution in [-0.2, 0) is 33.3 Å². The molecule has 0 aromatic rings. The van der Waals surface area contributed by atoms with Crippen molar-refractivity contribution in [2.75, 3.05) is 47.5 Å². The third kappa shape index (κ3) is 49.2. The van der Waals surface area contributed by atoms with Crippen molar-refractivity contribution >= 4 is 17.9 Å². The van der Waals surface area contributed by atoms with Gasteiger partial charge in [0.05, 0.1) is 34.4 Å². The zero-order valence-corrected chi connectivity index (χ0v) is 43.2. The Labute approximate surface area is 400 Å². The number of carboxylic acid groups (broad SMARTS) is 1. The van der Waals surface area contributed by atoms with Crippen molar-refractivity contribution < 1.29 is 42.9 Å². The third-order valence-electron chi connectivity index (χ3n) is 11.9. The zero-order chi connectivity index (χ0) is 47.7. The number of ether oxygens (including phenoxy) is 4. The molecule has 0 rings (SSSR count). The summed E-state index contributed by atoms with van der Waals surface area (Å²) in [7, 11) is 5.96. The molecule has 0 saturated heterocycles. The van der Waals surface area contributed by atoms with Crippen LogP contribution in [0.3, 0.4) is 0 Å². The third-order valence-corrected chi connectivity index (χ3v) is 11.9.